The fourth-order valence-electron chi connectivity index (χ4n) is 16.9. The molecule has 0 amide bonds. The number of unbranched alkanes of at least 4 members (excludes halogenated alkanes) is 12. The topological polar surface area (TPSA) is 123 Å². The molecule has 5 aromatic heterocycles. The molecule has 17 rings (SSSR count). The minimum absolute atomic E-state index is 0. The van der Waals surface area contributed by atoms with Gasteiger partial charge in [-0.3, -0.25) is 8.78 Å². The summed E-state index contributed by atoms with van der Waals surface area (Å²) < 4.78 is 68.9. The van der Waals surface area contributed by atoms with E-state index in [0.29, 0.717) is 22.4 Å². The number of carboxylic acid groups (broad SMARTS) is 1. The molecule has 16 heteroatoms. The second-order valence-electron chi connectivity index (χ2n) is 33.7. The molecule has 0 saturated carbocycles. The number of nitrogens with zero attached hydrogens (tertiary/aromatic N) is 5. The van der Waals surface area contributed by atoms with Gasteiger partial charge in [-0.05, 0) is 295 Å². The summed E-state index contributed by atoms with van der Waals surface area (Å²) in [6.45, 7) is 26.2. The third-order valence-corrected chi connectivity index (χ3v) is 26.6. The van der Waals surface area contributed by atoms with E-state index < -0.39 is 29.2 Å². The summed E-state index contributed by atoms with van der Waals surface area (Å²) in [5, 5.41) is 18.4. The molecule has 0 aliphatic heterocycles. The first-order chi connectivity index (χ1) is 63.8. The van der Waals surface area contributed by atoms with Crippen molar-refractivity contribution in [3.63, 3.8) is 0 Å². The molecule has 0 bridgehead atoms. The zero-order valence-corrected chi connectivity index (χ0v) is 78.2. The molecular formula is C116H99F4IrN5O4S2-2. The van der Waals surface area contributed by atoms with Gasteiger partial charge in [0.2, 0.25) is 0 Å². The summed E-state index contributed by atoms with van der Waals surface area (Å²) in [6, 6.07) is 93.1. The number of fused-ring (bicyclic) bond motifs is 6. The molecule has 5 heterocycles. The molecule has 0 fully saturated rings. The van der Waals surface area contributed by atoms with Gasteiger partial charge < -0.3 is 24.5 Å². The Kier molecular flexibility index (Phi) is 31.8. The smallest absolute Gasteiger partial charge is 0.354 e. The van der Waals surface area contributed by atoms with Crippen LogP contribution in [0.2, 0.25) is 0 Å². The van der Waals surface area contributed by atoms with Crippen LogP contribution in [0.1, 0.15) is 173 Å². The van der Waals surface area contributed by atoms with Crippen molar-refractivity contribution >= 4 is 52.1 Å². The molecule has 0 saturated heterocycles. The third kappa shape index (κ3) is 22.5. The summed E-state index contributed by atoms with van der Waals surface area (Å²) in [7, 11) is 0. The number of allylic oxidation sites excluding steroid dienone is 3. The Morgan fingerprint density at radius 2 is 0.826 bits per heavy atom. The van der Waals surface area contributed by atoms with Crippen LogP contribution in [0.4, 0.5) is 17.6 Å². The van der Waals surface area contributed by atoms with E-state index in [9.17, 15) is 27.6 Å². The number of aromatic nitrogens is 3. The van der Waals surface area contributed by atoms with Gasteiger partial charge in [-0.25, -0.2) is 23.4 Å². The number of carbonyl (C=O) groups is 1. The molecule has 0 atom stereocenters. The molecule has 15 aromatic rings. The van der Waals surface area contributed by atoms with Gasteiger partial charge in [0.25, 0.3) is 0 Å². The van der Waals surface area contributed by atoms with Crippen molar-refractivity contribution in [2.24, 2.45) is 0 Å². The summed E-state index contributed by atoms with van der Waals surface area (Å²) in [5.41, 5.74) is 23.0. The molecule has 1 N–H and O–H groups in total. The Hall–Kier alpha value is -13.6. The van der Waals surface area contributed by atoms with Gasteiger partial charge in [0.05, 0.1) is 54.7 Å². The number of thiophene rings is 2. The Labute approximate surface area is 793 Å². The number of hydrogen-bond acceptors (Lipinski definition) is 9. The third-order valence-electron chi connectivity index (χ3n) is 24.2. The molecule has 9 nitrogen and oxygen atoms in total. The zero-order valence-electron chi connectivity index (χ0n) is 74.2. The average Bonchev–Trinajstić information content (AvgIpc) is 1.58. The maximum Gasteiger partial charge on any atom is 0.354 e. The number of hydrogen-bond donors (Lipinski definition) is 1. The molecular weight excluding hydrogens is 1860 g/mol. The molecule has 1 radical (unpaired) electrons. The van der Waals surface area contributed by atoms with Crippen molar-refractivity contribution < 1.29 is 57.0 Å². The minimum Gasteiger partial charge on any atom is -0.494 e. The number of halogens is 4. The van der Waals surface area contributed by atoms with Gasteiger partial charge in [-0.2, -0.15) is 5.26 Å². The van der Waals surface area contributed by atoms with Gasteiger partial charge in [-0.15, -0.1) is 72.2 Å². The molecule has 132 heavy (non-hydrogen) atoms. The average molecular weight is 1960 g/mol. The second kappa shape index (κ2) is 44.4. The van der Waals surface area contributed by atoms with Gasteiger partial charge in [0.15, 0.2) is 5.70 Å². The van der Waals surface area contributed by atoms with Gasteiger partial charge >= 0.3 is 5.97 Å². The van der Waals surface area contributed by atoms with Crippen LogP contribution in [0.3, 0.4) is 0 Å². The number of pyridine rings is 3. The number of nitriles is 1. The van der Waals surface area contributed by atoms with Crippen molar-refractivity contribution in [2.45, 2.75) is 128 Å². The molecule has 0 unspecified atom stereocenters. The maximum absolute atomic E-state index is 14.5. The maximum atomic E-state index is 14.5. The monoisotopic (exact) mass is 1960 g/mol. The van der Waals surface area contributed by atoms with E-state index in [-0.39, 0.29) is 59.1 Å². The van der Waals surface area contributed by atoms with Crippen molar-refractivity contribution in [3.05, 3.63) is 402 Å². The van der Waals surface area contributed by atoms with Crippen LogP contribution < -0.4 is 9.47 Å². The largest absolute Gasteiger partial charge is 0.494 e. The Morgan fingerprint density at radius 1 is 0.447 bits per heavy atom. The first kappa shape index (κ1) is 94.5. The van der Waals surface area contributed by atoms with Crippen molar-refractivity contribution in [3.8, 4) is 126 Å². The number of rotatable bonds is 33. The fourth-order valence-corrected chi connectivity index (χ4v) is 18.9. The van der Waals surface area contributed by atoms with Crippen molar-refractivity contribution in [2.75, 3.05) is 13.2 Å². The number of aromatic carboxylic acids is 1. The Bertz CT molecular complexity index is 6380. The number of ether oxygens (including phenoxy) is 2. The molecule has 10 aromatic carbocycles. The van der Waals surface area contributed by atoms with Gasteiger partial charge in [0, 0.05) is 69.0 Å². The molecule has 2 aliphatic rings. The standard InChI is InChI=1S/2C55H47F2N2OS.C6H5NO2.Ir/c1-5-6-7-8-9-10-11-12-32-60-43-24-20-39(21-25-43)52-28-29-53(61-52)42-23-27-45-44-26-22-40(34-47(44)55(2,3)48(45)35-42)38-18-16-37(17-19-38)33-50(58-4)41-30-31-59-51(36-41)46-14-13-15-49(56)54(46)57;1-4-5-6-7-8-9-10-11-31-60-44-23-19-39(20-24-44)52-27-28-53(61-52)42-22-26-46-45-25-21-40(33-48(45)55(2,3)49(46)34-42)38-17-15-37(16-18-38)32-43(36-58)41-29-30-59-51(35-41)47-13-12-14-50(56)54(47)57;8-6(9)5-3-1-2-4-7-5;/h5,13,15-31,33-36H,1,6-12,32H2,2-3H3;4,12,14-30,32-35H,1,5-11,31H2,2-3H3;1-4H,(H,8,9);/q2*-1;;/b50-33-;43-32+;;. The Balaban J connectivity index is 0.000000192. The summed E-state index contributed by atoms with van der Waals surface area (Å²) >= 11 is 3.63. The van der Waals surface area contributed by atoms with Crippen molar-refractivity contribution in [1.29, 1.82) is 5.26 Å². The van der Waals surface area contributed by atoms with Crippen LogP contribution in [-0.2, 0) is 30.9 Å². The predicted octanol–water partition coefficient (Wildman–Crippen LogP) is 32.2. The van der Waals surface area contributed by atoms with Crippen LogP contribution in [0, 0.1) is 53.3 Å². The zero-order chi connectivity index (χ0) is 91.4. The summed E-state index contributed by atoms with van der Waals surface area (Å²) in [5.74, 6) is -3.12. The minimum atomic E-state index is -1.02. The van der Waals surface area contributed by atoms with Crippen LogP contribution in [0.15, 0.2) is 305 Å². The van der Waals surface area contributed by atoms with Crippen LogP contribution in [-0.4, -0.2) is 39.2 Å². The van der Waals surface area contributed by atoms with E-state index in [1.807, 2.05) is 59.1 Å². The first-order valence-electron chi connectivity index (χ1n) is 44.5. The summed E-state index contributed by atoms with van der Waals surface area (Å²) in [4.78, 5) is 30.8. The van der Waals surface area contributed by atoms with E-state index in [1.54, 1.807) is 48.6 Å². The predicted molar refractivity (Wildman–Crippen MR) is 528 cm³/mol. The number of benzene rings is 10. The van der Waals surface area contributed by atoms with Crippen LogP contribution in [0.5, 0.6) is 11.5 Å². The Morgan fingerprint density at radius 3 is 1.23 bits per heavy atom. The van der Waals surface area contributed by atoms with Gasteiger partial charge in [-0.1, -0.05) is 218 Å². The molecule has 2 aliphatic carbocycles. The van der Waals surface area contributed by atoms with E-state index in [4.69, 9.17) is 21.2 Å². The SMILES string of the molecule is C=CCCCCCCCCOc1ccc(-c2ccc(-c3ccc4c(c3)C(C)(C)c3cc(-c5ccc(/C=C(\C#N)c6ccnc(-c7[c-]ccc(F)c7F)c6)cc5)ccc3-4)s2)cc1.O=C(O)c1ccccn1.[C-]#[N+]/C(=C\c1ccc(-c2ccc3c(c2)C(C)(C)c2cc(-c4ccc(-c5ccc(OCCCCCCCCC=C)cc5)s4)ccc2-3)cc1)c1ccnc(-c2[c-]ccc(F)c2F)c1.[Ir]. The van der Waals surface area contributed by atoms with E-state index >= 15 is 0 Å². The molecule has 663 valence electrons. The van der Waals surface area contributed by atoms with E-state index in [0.717, 1.165) is 95.9 Å². The normalized spacial score (nSPS) is 12.4. The van der Waals surface area contributed by atoms with E-state index in [1.165, 1.54) is 187 Å². The van der Waals surface area contributed by atoms with Gasteiger partial charge in [0.1, 0.15) is 17.2 Å². The number of carboxylic acids is 1. The second-order valence-corrected chi connectivity index (χ2v) is 35.9. The van der Waals surface area contributed by atoms with E-state index in [2.05, 4.69) is 249 Å². The van der Waals surface area contributed by atoms with Crippen LogP contribution in [0.25, 0.3) is 137 Å². The van der Waals surface area contributed by atoms with Crippen molar-refractivity contribution in [1.82, 2.24) is 15.0 Å². The summed E-state index contributed by atoms with van der Waals surface area (Å²) in [6.07, 6.45) is 29.0. The quantitative estimate of drug-likeness (QED) is 0.0142. The fraction of sp³-hybridized carbons (Fsp3) is 0.190. The van der Waals surface area contributed by atoms with Crippen LogP contribution >= 0.6 is 22.7 Å². The first-order valence-corrected chi connectivity index (χ1v) is 46.1. The molecule has 0 spiro atoms.